The Kier molecular flexibility index (Phi) is 6.38. The summed E-state index contributed by atoms with van der Waals surface area (Å²) in [6.45, 7) is 9.37. The molecule has 0 aliphatic rings. The zero-order chi connectivity index (χ0) is 20.9. The zero-order valence-electron chi connectivity index (χ0n) is 17.8. The van der Waals surface area contributed by atoms with E-state index in [2.05, 4.69) is 68.7 Å². The Morgan fingerprint density at radius 3 is 2.31 bits per heavy atom. The minimum absolute atomic E-state index is 0.0932. The van der Waals surface area contributed by atoms with Crippen LogP contribution >= 0.6 is 0 Å². The molecule has 0 aliphatic heterocycles. The first-order chi connectivity index (χ1) is 13.9. The van der Waals surface area contributed by atoms with E-state index in [-0.39, 0.29) is 11.3 Å². The third-order valence-electron chi connectivity index (χ3n) is 5.08. The monoisotopic (exact) mass is 386 g/mol. The number of hydrogen-bond donors (Lipinski definition) is 2. The van der Waals surface area contributed by atoms with Gasteiger partial charge in [0.1, 0.15) is 0 Å². The smallest absolute Gasteiger partial charge is 0.255 e. The molecule has 0 spiro atoms. The summed E-state index contributed by atoms with van der Waals surface area (Å²) in [7, 11) is 0. The van der Waals surface area contributed by atoms with Crippen LogP contribution in [0.25, 0.3) is 0 Å². The van der Waals surface area contributed by atoms with Gasteiger partial charge >= 0.3 is 0 Å². The van der Waals surface area contributed by atoms with Crippen molar-refractivity contribution in [2.24, 2.45) is 0 Å². The van der Waals surface area contributed by atoms with Crippen molar-refractivity contribution in [3.63, 3.8) is 0 Å². The van der Waals surface area contributed by atoms with Crippen LogP contribution in [-0.2, 0) is 18.4 Å². The fraction of sp³-hybridized carbons (Fsp3) is 0.269. The first kappa shape index (κ1) is 20.7. The molecule has 0 aromatic heterocycles. The predicted molar refractivity (Wildman–Crippen MR) is 123 cm³/mol. The summed E-state index contributed by atoms with van der Waals surface area (Å²) in [6, 6.07) is 24.2. The van der Waals surface area contributed by atoms with Crippen LogP contribution in [0.15, 0.2) is 72.8 Å². The first-order valence-electron chi connectivity index (χ1n) is 10.2. The van der Waals surface area contributed by atoms with Gasteiger partial charge in [-0.15, -0.1) is 0 Å². The summed E-state index contributed by atoms with van der Waals surface area (Å²) < 4.78 is 0. The van der Waals surface area contributed by atoms with Crippen molar-refractivity contribution in [1.29, 1.82) is 0 Å². The molecule has 29 heavy (non-hydrogen) atoms. The van der Waals surface area contributed by atoms with Crippen LogP contribution in [0.1, 0.15) is 54.7 Å². The molecule has 1 amide bonds. The van der Waals surface area contributed by atoms with E-state index in [1.165, 1.54) is 11.1 Å². The maximum Gasteiger partial charge on any atom is 0.255 e. The van der Waals surface area contributed by atoms with E-state index in [9.17, 15) is 4.79 Å². The molecular weight excluding hydrogens is 356 g/mol. The maximum absolute atomic E-state index is 12.7. The number of para-hydroxylation sites is 1. The molecule has 0 unspecified atom stereocenters. The van der Waals surface area contributed by atoms with Gasteiger partial charge in [0.05, 0.1) is 0 Å². The molecule has 0 bridgehead atoms. The summed E-state index contributed by atoms with van der Waals surface area (Å²) in [6.07, 6.45) is 0.986. The van der Waals surface area contributed by atoms with Gasteiger partial charge < -0.3 is 10.6 Å². The zero-order valence-corrected chi connectivity index (χ0v) is 17.8. The Bertz CT molecular complexity index is 968. The second-order valence-electron chi connectivity index (χ2n) is 8.35. The molecule has 0 atom stereocenters. The van der Waals surface area contributed by atoms with Crippen molar-refractivity contribution in [2.75, 3.05) is 10.6 Å². The fourth-order valence-corrected chi connectivity index (χ4v) is 3.28. The quantitative estimate of drug-likeness (QED) is 0.514. The normalized spacial score (nSPS) is 11.2. The van der Waals surface area contributed by atoms with Crippen molar-refractivity contribution in [3.8, 4) is 0 Å². The highest BCUT2D eigenvalue weighted by Gasteiger charge is 2.13. The molecule has 3 aromatic rings. The number of carbonyl (C=O) groups excluding carboxylic acids is 1. The van der Waals surface area contributed by atoms with Crippen LogP contribution in [0.4, 0.5) is 11.4 Å². The number of aryl methyl sites for hydroxylation is 1. The standard InChI is InChI=1S/C26H30N2O/c1-5-20-10-6-7-12-24(20)27-18-19-9-8-11-21(17-19)25(29)28-23-15-13-22(14-16-23)26(2,3)4/h6-17,27H,5,18H2,1-4H3,(H,28,29). The van der Waals surface area contributed by atoms with Crippen molar-refractivity contribution in [2.45, 2.75) is 46.1 Å². The number of nitrogens with one attached hydrogen (secondary N) is 2. The van der Waals surface area contributed by atoms with Gasteiger partial charge in [-0.1, -0.05) is 70.2 Å². The largest absolute Gasteiger partial charge is 0.381 e. The first-order valence-corrected chi connectivity index (χ1v) is 10.2. The van der Waals surface area contributed by atoms with Crippen LogP contribution in [0, 0.1) is 0 Å². The Balaban J connectivity index is 1.66. The van der Waals surface area contributed by atoms with Crippen LogP contribution in [0.3, 0.4) is 0 Å². The number of amides is 1. The average Bonchev–Trinajstić information content (AvgIpc) is 2.72. The van der Waals surface area contributed by atoms with E-state index in [0.29, 0.717) is 12.1 Å². The molecule has 0 saturated heterocycles. The molecule has 0 radical (unpaired) electrons. The van der Waals surface area contributed by atoms with Gasteiger partial charge in [-0.05, 0) is 58.9 Å². The molecule has 0 fully saturated rings. The Morgan fingerprint density at radius 1 is 0.897 bits per heavy atom. The van der Waals surface area contributed by atoms with Crippen LogP contribution in [0.5, 0.6) is 0 Å². The molecule has 3 heteroatoms. The highest BCUT2D eigenvalue weighted by Crippen LogP contribution is 2.24. The summed E-state index contributed by atoms with van der Waals surface area (Å²) in [5, 5.41) is 6.48. The van der Waals surface area contributed by atoms with E-state index in [1.807, 2.05) is 42.5 Å². The summed E-state index contributed by atoms with van der Waals surface area (Å²) >= 11 is 0. The van der Waals surface area contributed by atoms with Gasteiger partial charge in [0.25, 0.3) is 5.91 Å². The second kappa shape index (κ2) is 8.95. The number of rotatable bonds is 6. The number of anilines is 2. The van der Waals surface area contributed by atoms with Crippen molar-refractivity contribution in [3.05, 3.63) is 95.1 Å². The minimum Gasteiger partial charge on any atom is -0.381 e. The molecule has 2 N–H and O–H groups in total. The summed E-state index contributed by atoms with van der Waals surface area (Å²) in [5.41, 5.74) is 6.32. The van der Waals surface area contributed by atoms with E-state index in [4.69, 9.17) is 0 Å². The van der Waals surface area contributed by atoms with Gasteiger partial charge in [0, 0.05) is 23.5 Å². The fourth-order valence-electron chi connectivity index (χ4n) is 3.28. The Hall–Kier alpha value is -3.07. The van der Waals surface area contributed by atoms with Crippen LogP contribution < -0.4 is 10.6 Å². The van der Waals surface area contributed by atoms with Crippen LogP contribution in [0.2, 0.25) is 0 Å². The summed E-state index contributed by atoms with van der Waals surface area (Å²) in [4.78, 5) is 12.7. The van der Waals surface area contributed by atoms with E-state index in [1.54, 1.807) is 0 Å². The topological polar surface area (TPSA) is 41.1 Å². The lowest BCUT2D eigenvalue weighted by molar-refractivity contribution is 0.102. The van der Waals surface area contributed by atoms with E-state index < -0.39 is 0 Å². The summed E-state index contributed by atoms with van der Waals surface area (Å²) in [5.74, 6) is -0.0932. The van der Waals surface area contributed by atoms with Gasteiger partial charge in [-0.25, -0.2) is 0 Å². The molecule has 0 heterocycles. The van der Waals surface area contributed by atoms with Gasteiger partial charge in [-0.3, -0.25) is 4.79 Å². The molecule has 0 saturated carbocycles. The predicted octanol–water partition coefficient (Wildman–Crippen LogP) is 6.41. The van der Waals surface area contributed by atoms with E-state index >= 15 is 0 Å². The van der Waals surface area contributed by atoms with Gasteiger partial charge in [0.15, 0.2) is 0 Å². The third-order valence-corrected chi connectivity index (χ3v) is 5.08. The van der Waals surface area contributed by atoms with Crippen LogP contribution in [-0.4, -0.2) is 5.91 Å². The lowest BCUT2D eigenvalue weighted by atomic mass is 9.87. The average molecular weight is 387 g/mol. The van der Waals surface area contributed by atoms with Crippen molar-refractivity contribution < 1.29 is 4.79 Å². The molecule has 3 nitrogen and oxygen atoms in total. The molecular formula is C26H30N2O. The maximum atomic E-state index is 12.7. The van der Waals surface area contributed by atoms with Gasteiger partial charge in [-0.2, -0.15) is 0 Å². The van der Waals surface area contributed by atoms with E-state index in [0.717, 1.165) is 23.4 Å². The second-order valence-corrected chi connectivity index (χ2v) is 8.35. The SMILES string of the molecule is CCc1ccccc1NCc1cccc(C(=O)Nc2ccc(C(C)(C)C)cc2)c1. The lowest BCUT2D eigenvalue weighted by Crippen LogP contribution is -2.14. The lowest BCUT2D eigenvalue weighted by Gasteiger charge is -2.19. The number of hydrogen-bond acceptors (Lipinski definition) is 2. The third kappa shape index (κ3) is 5.47. The molecule has 3 aromatic carbocycles. The molecule has 0 aliphatic carbocycles. The number of benzene rings is 3. The highest BCUT2D eigenvalue weighted by atomic mass is 16.1. The number of carbonyl (C=O) groups is 1. The Labute approximate surface area is 174 Å². The minimum atomic E-state index is -0.0932. The molecule has 150 valence electrons. The Morgan fingerprint density at radius 2 is 1.62 bits per heavy atom. The highest BCUT2D eigenvalue weighted by molar-refractivity contribution is 6.04. The van der Waals surface area contributed by atoms with Crippen molar-refractivity contribution >= 4 is 17.3 Å². The molecule has 3 rings (SSSR count). The van der Waals surface area contributed by atoms with Gasteiger partial charge in [0.2, 0.25) is 0 Å². The van der Waals surface area contributed by atoms with Crippen molar-refractivity contribution in [1.82, 2.24) is 0 Å².